The third kappa shape index (κ3) is 7.89. The number of benzene rings is 3. The summed E-state index contributed by atoms with van der Waals surface area (Å²) in [6.07, 6.45) is -0.288. The van der Waals surface area contributed by atoms with Gasteiger partial charge in [0.1, 0.15) is 17.7 Å². The quantitative estimate of drug-likeness (QED) is 0.288. The average Bonchev–Trinajstić information content (AvgIpc) is 2.93. The highest BCUT2D eigenvalue weighted by Gasteiger charge is 2.33. The molecule has 3 aromatic rings. The first-order valence-corrected chi connectivity index (χ1v) is 14.0. The summed E-state index contributed by atoms with van der Waals surface area (Å²) in [6.45, 7) is 5.14. The van der Waals surface area contributed by atoms with Gasteiger partial charge in [0.05, 0.1) is 28.3 Å². The number of likely N-dealkylation sites (N-methyl/N-ethyl adjacent to an activating group) is 1. The normalized spacial score (nSPS) is 17.8. The largest absolute Gasteiger partial charge is 0.488 e. The maximum absolute atomic E-state index is 13.7. The second kappa shape index (κ2) is 13.5. The van der Waals surface area contributed by atoms with Crippen molar-refractivity contribution in [3.8, 4) is 5.75 Å². The SMILES string of the molecule is C[C@H](CO)N1C[C@H](C)[C@H](CN(C)Cc2ccc(Cl)c(Cl)c2)Oc2ccc(NC(=O)Nc3ccc(F)cc3)cc2C1=O. The number of hydrogen-bond acceptors (Lipinski definition) is 5. The molecule has 0 radical (unpaired) electrons. The van der Waals surface area contributed by atoms with Gasteiger partial charge in [-0.25, -0.2) is 9.18 Å². The molecule has 0 aromatic heterocycles. The minimum Gasteiger partial charge on any atom is -0.488 e. The van der Waals surface area contributed by atoms with Crippen molar-refractivity contribution in [1.29, 1.82) is 0 Å². The third-order valence-corrected chi connectivity index (χ3v) is 7.69. The van der Waals surface area contributed by atoms with Gasteiger partial charge < -0.3 is 25.4 Å². The number of aliphatic hydroxyl groups is 1. The van der Waals surface area contributed by atoms with Crippen LogP contribution in [0.15, 0.2) is 60.7 Å². The summed E-state index contributed by atoms with van der Waals surface area (Å²) in [5.41, 5.74) is 2.06. The number of fused-ring (bicyclic) bond motifs is 1. The number of anilines is 2. The van der Waals surface area contributed by atoms with E-state index in [1.165, 1.54) is 24.3 Å². The van der Waals surface area contributed by atoms with E-state index in [0.717, 1.165) is 5.56 Å². The van der Waals surface area contributed by atoms with E-state index in [0.29, 0.717) is 46.8 Å². The number of aliphatic hydroxyl groups excluding tert-OH is 1. The number of urea groups is 1. The van der Waals surface area contributed by atoms with Gasteiger partial charge in [-0.05, 0) is 74.1 Å². The van der Waals surface area contributed by atoms with Crippen molar-refractivity contribution in [2.75, 3.05) is 37.4 Å². The standard InChI is InChI=1S/C30H33Cl2FN4O4/c1-18-14-37(19(2)17-38)29(39)24-13-23(35-30(40)34-22-7-5-21(33)6-8-22)9-11-27(24)41-28(18)16-36(3)15-20-4-10-25(31)26(32)12-20/h4-13,18-19,28,38H,14-17H2,1-3H3,(H2,34,35,40)/t18-,19+,28-/m0/s1. The van der Waals surface area contributed by atoms with Crippen LogP contribution in [0.3, 0.4) is 0 Å². The second-order valence-corrected chi connectivity index (χ2v) is 11.2. The first kappa shape index (κ1) is 30.6. The molecule has 218 valence electrons. The van der Waals surface area contributed by atoms with Gasteiger partial charge in [0.15, 0.2) is 0 Å². The van der Waals surface area contributed by atoms with Crippen LogP contribution >= 0.6 is 23.2 Å². The minimum atomic E-state index is -0.549. The molecule has 3 atom stereocenters. The van der Waals surface area contributed by atoms with Crippen molar-refractivity contribution >= 4 is 46.5 Å². The molecule has 11 heteroatoms. The average molecular weight is 604 g/mol. The van der Waals surface area contributed by atoms with E-state index in [-0.39, 0.29) is 30.1 Å². The minimum absolute atomic E-state index is 0.0587. The lowest BCUT2D eigenvalue weighted by atomic mass is 9.99. The molecule has 0 unspecified atom stereocenters. The Hall–Kier alpha value is -3.37. The van der Waals surface area contributed by atoms with Crippen LogP contribution < -0.4 is 15.4 Å². The van der Waals surface area contributed by atoms with Crippen LogP contribution in [0.5, 0.6) is 5.75 Å². The van der Waals surface area contributed by atoms with Crippen LogP contribution in [-0.2, 0) is 6.54 Å². The van der Waals surface area contributed by atoms with E-state index >= 15 is 0 Å². The summed E-state index contributed by atoms with van der Waals surface area (Å²) in [4.78, 5) is 30.0. The summed E-state index contributed by atoms with van der Waals surface area (Å²) in [5.74, 6) is -0.393. The van der Waals surface area contributed by atoms with Gasteiger partial charge in [-0.3, -0.25) is 9.69 Å². The Morgan fingerprint density at radius 3 is 2.46 bits per heavy atom. The molecule has 0 fully saturated rings. The maximum Gasteiger partial charge on any atom is 0.323 e. The van der Waals surface area contributed by atoms with E-state index in [9.17, 15) is 19.1 Å². The fourth-order valence-corrected chi connectivity index (χ4v) is 4.99. The van der Waals surface area contributed by atoms with Gasteiger partial charge in [-0.15, -0.1) is 0 Å². The molecule has 1 aliphatic rings. The molecule has 0 bridgehead atoms. The number of rotatable bonds is 8. The van der Waals surface area contributed by atoms with Gasteiger partial charge in [-0.2, -0.15) is 0 Å². The Morgan fingerprint density at radius 2 is 1.78 bits per heavy atom. The van der Waals surface area contributed by atoms with Gasteiger partial charge >= 0.3 is 6.03 Å². The highest BCUT2D eigenvalue weighted by molar-refractivity contribution is 6.42. The molecule has 0 spiro atoms. The van der Waals surface area contributed by atoms with Crippen molar-refractivity contribution in [3.63, 3.8) is 0 Å². The van der Waals surface area contributed by atoms with E-state index < -0.39 is 17.9 Å². The topological polar surface area (TPSA) is 94.1 Å². The Labute approximate surface area is 249 Å². The van der Waals surface area contributed by atoms with Crippen LogP contribution in [0, 0.1) is 11.7 Å². The summed E-state index contributed by atoms with van der Waals surface area (Å²) in [6, 6.07) is 14.8. The van der Waals surface area contributed by atoms with E-state index in [4.69, 9.17) is 27.9 Å². The smallest absolute Gasteiger partial charge is 0.323 e. The predicted molar refractivity (Wildman–Crippen MR) is 159 cm³/mol. The number of hydrogen-bond donors (Lipinski definition) is 3. The zero-order chi connectivity index (χ0) is 29.7. The van der Waals surface area contributed by atoms with Gasteiger partial charge in [0.25, 0.3) is 5.91 Å². The number of carbonyl (C=O) groups excluding carboxylic acids is 2. The monoisotopic (exact) mass is 602 g/mol. The first-order valence-electron chi connectivity index (χ1n) is 13.2. The summed E-state index contributed by atoms with van der Waals surface area (Å²) >= 11 is 12.3. The van der Waals surface area contributed by atoms with Crippen LogP contribution in [-0.4, -0.2) is 65.7 Å². The van der Waals surface area contributed by atoms with Crippen molar-refractivity contribution in [1.82, 2.24) is 9.80 Å². The molecule has 3 N–H and O–H groups in total. The molecule has 8 nitrogen and oxygen atoms in total. The first-order chi connectivity index (χ1) is 19.5. The molecule has 3 aromatic carbocycles. The van der Waals surface area contributed by atoms with Gasteiger partial charge in [0.2, 0.25) is 0 Å². The molecule has 0 saturated heterocycles. The van der Waals surface area contributed by atoms with Crippen molar-refractivity contribution in [2.24, 2.45) is 5.92 Å². The zero-order valence-corrected chi connectivity index (χ0v) is 24.5. The predicted octanol–water partition coefficient (Wildman–Crippen LogP) is 6.13. The fraction of sp³-hybridized carbons (Fsp3) is 0.333. The highest BCUT2D eigenvalue weighted by Crippen LogP contribution is 2.31. The summed E-state index contributed by atoms with van der Waals surface area (Å²) < 4.78 is 19.6. The Morgan fingerprint density at radius 1 is 1.10 bits per heavy atom. The molecule has 1 heterocycles. The number of nitrogens with zero attached hydrogens (tertiary/aromatic N) is 2. The highest BCUT2D eigenvalue weighted by atomic mass is 35.5. The lowest BCUT2D eigenvalue weighted by Crippen LogP contribution is -2.49. The number of carbonyl (C=O) groups is 2. The molecule has 0 saturated carbocycles. The van der Waals surface area contributed by atoms with Crippen LogP contribution in [0.1, 0.15) is 29.8 Å². The van der Waals surface area contributed by atoms with Crippen molar-refractivity contribution in [2.45, 2.75) is 32.5 Å². The summed E-state index contributed by atoms with van der Waals surface area (Å²) in [5, 5.41) is 16.2. The van der Waals surface area contributed by atoms with Crippen LogP contribution in [0.25, 0.3) is 0 Å². The van der Waals surface area contributed by atoms with Crippen molar-refractivity contribution < 1.29 is 23.8 Å². The Bertz CT molecular complexity index is 1390. The molecular formula is C30H33Cl2FN4O4. The second-order valence-electron chi connectivity index (χ2n) is 10.4. The lowest BCUT2D eigenvalue weighted by Gasteiger charge is -2.38. The molecular weight excluding hydrogens is 570 g/mol. The Kier molecular flexibility index (Phi) is 10.1. The number of amides is 3. The lowest BCUT2D eigenvalue weighted by molar-refractivity contribution is 0.0341. The maximum atomic E-state index is 13.7. The number of ether oxygens (including phenoxy) is 1. The van der Waals surface area contributed by atoms with Crippen LogP contribution in [0.4, 0.5) is 20.6 Å². The molecule has 3 amide bonds. The van der Waals surface area contributed by atoms with E-state index in [1.54, 1.807) is 36.1 Å². The molecule has 1 aliphatic heterocycles. The van der Waals surface area contributed by atoms with E-state index in [1.807, 2.05) is 26.1 Å². The zero-order valence-electron chi connectivity index (χ0n) is 23.0. The molecule has 4 rings (SSSR count). The third-order valence-electron chi connectivity index (χ3n) is 6.95. The molecule has 0 aliphatic carbocycles. The number of halogens is 3. The summed E-state index contributed by atoms with van der Waals surface area (Å²) in [7, 11) is 1.98. The Balaban J connectivity index is 1.55. The van der Waals surface area contributed by atoms with E-state index in [2.05, 4.69) is 15.5 Å². The van der Waals surface area contributed by atoms with Gasteiger partial charge in [-0.1, -0.05) is 36.2 Å². The number of nitrogens with one attached hydrogen (secondary N) is 2. The molecule has 41 heavy (non-hydrogen) atoms. The van der Waals surface area contributed by atoms with Crippen molar-refractivity contribution in [3.05, 3.63) is 87.7 Å². The fourth-order valence-electron chi connectivity index (χ4n) is 4.67. The van der Waals surface area contributed by atoms with Crippen LogP contribution in [0.2, 0.25) is 10.0 Å². The van der Waals surface area contributed by atoms with Gasteiger partial charge in [0, 0.05) is 36.9 Å².